The van der Waals surface area contributed by atoms with Crippen LogP contribution in [-0.2, 0) is 11.3 Å². The second-order valence-corrected chi connectivity index (χ2v) is 5.15. The van der Waals surface area contributed by atoms with Crippen molar-refractivity contribution in [3.05, 3.63) is 34.9 Å². The molecule has 1 aromatic carbocycles. The quantitative estimate of drug-likeness (QED) is 0.514. The van der Waals surface area contributed by atoms with Crippen molar-refractivity contribution >= 4 is 27.7 Å². The summed E-state index contributed by atoms with van der Waals surface area (Å²) in [7, 11) is 0. The first-order valence-electron chi connectivity index (χ1n) is 5.59. The summed E-state index contributed by atoms with van der Waals surface area (Å²) in [6, 6.07) is 4.58. The monoisotopic (exact) mass is 314 g/mol. The molecule has 98 valence electrons. The number of hydrogen-bond acceptors (Lipinski definition) is 4. The van der Waals surface area contributed by atoms with Crippen LogP contribution in [0.25, 0.3) is 0 Å². The van der Waals surface area contributed by atoms with Crippen LogP contribution in [0.1, 0.15) is 40.1 Å². The topological polar surface area (TPSA) is 63.6 Å². The fraction of sp³-hybridized carbons (Fsp3) is 0.385. The summed E-state index contributed by atoms with van der Waals surface area (Å²) in [6.45, 7) is 3.45. The zero-order valence-corrected chi connectivity index (χ0v) is 11.9. The number of carbonyl (C=O) groups excluding carboxylic acids is 2. The number of hydrogen-bond donors (Lipinski definition) is 1. The van der Waals surface area contributed by atoms with Crippen LogP contribution >= 0.6 is 15.9 Å². The Labute approximate surface area is 114 Å². The number of Topliss-reactive ketones (excluding diaryl/α,β-unsaturated/α-hetero) is 1. The van der Waals surface area contributed by atoms with Gasteiger partial charge in [-0.05, 0) is 37.6 Å². The van der Waals surface area contributed by atoms with E-state index in [0.29, 0.717) is 11.1 Å². The number of carbonyl (C=O) groups is 2. The number of halogens is 1. The first-order chi connectivity index (χ1) is 8.49. The van der Waals surface area contributed by atoms with E-state index < -0.39 is 5.97 Å². The van der Waals surface area contributed by atoms with Gasteiger partial charge in [0.15, 0.2) is 5.78 Å². The molecule has 1 rings (SSSR count). The normalized spacial score (nSPS) is 12.0. The van der Waals surface area contributed by atoms with Gasteiger partial charge in [-0.25, -0.2) is 4.79 Å². The van der Waals surface area contributed by atoms with E-state index in [0.717, 1.165) is 0 Å². The Morgan fingerprint density at radius 3 is 2.44 bits per heavy atom. The summed E-state index contributed by atoms with van der Waals surface area (Å²) in [5.41, 5.74) is 1.17. The van der Waals surface area contributed by atoms with Crippen LogP contribution < -0.4 is 0 Å². The van der Waals surface area contributed by atoms with Gasteiger partial charge in [-0.3, -0.25) is 4.79 Å². The van der Waals surface area contributed by atoms with Gasteiger partial charge >= 0.3 is 5.97 Å². The van der Waals surface area contributed by atoms with E-state index >= 15 is 0 Å². The van der Waals surface area contributed by atoms with Crippen LogP contribution in [0.4, 0.5) is 0 Å². The molecule has 5 heteroatoms. The van der Waals surface area contributed by atoms with Crippen LogP contribution in [0.3, 0.4) is 0 Å². The highest BCUT2D eigenvalue weighted by molar-refractivity contribution is 9.10. The molecular formula is C13H15BrO4. The SMILES string of the molecule is CCOC(=O)c1cc(CO)cc(C(=O)C(C)Br)c1. The Kier molecular flexibility index (Phi) is 5.50. The number of benzene rings is 1. The third kappa shape index (κ3) is 3.65. The Hall–Kier alpha value is -1.20. The number of ether oxygens (including phenoxy) is 1. The number of rotatable bonds is 5. The molecule has 0 aliphatic heterocycles. The molecule has 0 spiro atoms. The number of esters is 1. The Morgan fingerprint density at radius 2 is 1.94 bits per heavy atom. The summed E-state index contributed by atoms with van der Waals surface area (Å²) in [6.07, 6.45) is 0. The van der Waals surface area contributed by atoms with Crippen LogP contribution in [-0.4, -0.2) is 28.3 Å². The second kappa shape index (κ2) is 6.66. The Balaban J connectivity index is 3.17. The molecule has 1 N–H and O–H groups in total. The molecule has 18 heavy (non-hydrogen) atoms. The lowest BCUT2D eigenvalue weighted by atomic mass is 10.0. The minimum atomic E-state index is -0.496. The summed E-state index contributed by atoms with van der Waals surface area (Å²) >= 11 is 3.19. The maximum absolute atomic E-state index is 11.9. The van der Waals surface area contributed by atoms with Gasteiger partial charge in [0.2, 0.25) is 0 Å². The van der Waals surface area contributed by atoms with Gasteiger partial charge in [0.05, 0.1) is 23.6 Å². The third-order valence-corrected chi connectivity index (χ3v) is 2.75. The standard InChI is InChI=1S/C13H15BrO4/c1-3-18-13(17)11-5-9(7-15)4-10(6-11)12(16)8(2)14/h4-6,8,15H,3,7H2,1-2H3. The summed E-state index contributed by atoms with van der Waals surface area (Å²) < 4.78 is 4.88. The molecule has 0 saturated carbocycles. The van der Waals surface area contributed by atoms with E-state index in [1.54, 1.807) is 19.9 Å². The first kappa shape index (κ1) is 14.9. The van der Waals surface area contributed by atoms with Crippen molar-refractivity contribution < 1.29 is 19.4 Å². The van der Waals surface area contributed by atoms with Crippen molar-refractivity contribution in [2.45, 2.75) is 25.3 Å². The van der Waals surface area contributed by atoms with Crippen LogP contribution in [0.2, 0.25) is 0 Å². The van der Waals surface area contributed by atoms with Gasteiger partial charge in [0, 0.05) is 5.56 Å². The zero-order valence-electron chi connectivity index (χ0n) is 10.3. The Morgan fingerprint density at radius 1 is 1.33 bits per heavy atom. The molecule has 0 aliphatic carbocycles. The highest BCUT2D eigenvalue weighted by atomic mass is 79.9. The van der Waals surface area contributed by atoms with E-state index in [2.05, 4.69) is 15.9 Å². The maximum Gasteiger partial charge on any atom is 0.338 e. The van der Waals surface area contributed by atoms with Gasteiger partial charge in [0.25, 0.3) is 0 Å². The lowest BCUT2D eigenvalue weighted by molar-refractivity contribution is 0.0526. The lowest BCUT2D eigenvalue weighted by Crippen LogP contribution is -2.13. The second-order valence-electron chi connectivity index (χ2n) is 3.78. The van der Waals surface area contributed by atoms with Crippen molar-refractivity contribution in [2.75, 3.05) is 6.61 Å². The molecule has 0 amide bonds. The van der Waals surface area contributed by atoms with E-state index in [1.807, 2.05) is 0 Å². The minimum Gasteiger partial charge on any atom is -0.462 e. The van der Waals surface area contributed by atoms with E-state index in [1.165, 1.54) is 12.1 Å². The average molecular weight is 315 g/mol. The fourth-order valence-corrected chi connectivity index (χ4v) is 1.75. The molecule has 0 heterocycles. The third-order valence-electron chi connectivity index (χ3n) is 2.33. The highest BCUT2D eigenvalue weighted by Gasteiger charge is 2.16. The summed E-state index contributed by atoms with van der Waals surface area (Å²) in [5, 5.41) is 9.14. The minimum absolute atomic E-state index is 0.143. The van der Waals surface area contributed by atoms with Gasteiger partial charge in [-0.1, -0.05) is 15.9 Å². The number of aliphatic hydroxyl groups is 1. The summed E-state index contributed by atoms with van der Waals surface area (Å²) in [4.78, 5) is 23.1. The molecule has 1 atom stereocenters. The fourth-order valence-electron chi connectivity index (χ4n) is 1.49. The molecule has 1 unspecified atom stereocenters. The molecule has 0 aromatic heterocycles. The van der Waals surface area contributed by atoms with Crippen molar-refractivity contribution in [3.63, 3.8) is 0 Å². The summed E-state index contributed by atoms with van der Waals surface area (Å²) in [5.74, 6) is -0.639. The zero-order chi connectivity index (χ0) is 13.7. The predicted molar refractivity (Wildman–Crippen MR) is 71.0 cm³/mol. The smallest absolute Gasteiger partial charge is 0.338 e. The molecule has 4 nitrogen and oxygen atoms in total. The maximum atomic E-state index is 11.9. The molecule has 0 fully saturated rings. The molecule has 1 aromatic rings. The van der Waals surface area contributed by atoms with Crippen molar-refractivity contribution in [1.82, 2.24) is 0 Å². The number of ketones is 1. The Bertz CT molecular complexity index is 454. The molecular weight excluding hydrogens is 300 g/mol. The average Bonchev–Trinajstić information content (AvgIpc) is 2.37. The largest absolute Gasteiger partial charge is 0.462 e. The van der Waals surface area contributed by atoms with Crippen LogP contribution in [0.5, 0.6) is 0 Å². The van der Waals surface area contributed by atoms with Gasteiger partial charge in [-0.15, -0.1) is 0 Å². The van der Waals surface area contributed by atoms with E-state index in [9.17, 15) is 9.59 Å². The van der Waals surface area contributed by atoms with Gasteiger partial charge in [-0.2, -0.15) is 0 Å². The van der Waals surface area contributed by atoms with E-state index in [4.69, 9.17) is 9.84 Å². The van der Waals surface area contributed by atoms with Gasteiger partial charge < -0.3 is 9.84 Å². The molecule has 0 aliphatic rings. The van der Waals surface area contributed by atoms with Crippen LogP contribution in [0, 0.1) is 0 Å². The first-order valence-corrected chi connectivity index (χ1v) is 6.51. The van der Waals surface area contributed by atoms with Crippen molar-refractivity contribution in [1.29, 1.82) is 0 Å². The number of alkyl halides is 1. The molecule has 0 bridgehead atoms. The lowest BCUT2D eigenvalue weighted by Gasteiger charge is -2.08. The van der Waals surface area contributed by atoms with Gasteiger partial charge in [0.1, 0.15) is 0 Å². The highest BCUT2D eigenvalue weighted by Crippen LogP contribution is 2.16. The van der Waals surface area contributed by atoms with Crippen LogP contribution in [0.15, 0.2) is 18.2 Å². The number of aliphatic hydroxyl groups excluding tert-OH is 1. The van der Waals surface area contributed by atoms with E-state index in [-0.39, 0.29) is 29.4 Å². The van der Waals surface area contributed by atoms with Crippen molar-refractivity contribution in [3.8, 4) is 0 Å². The predicted octanol–water partition coefficient (Wildman–Crippen LogP) is 2.32. The molecule has 0 saturated heterocycles. The van der Waals surface area contributed by atoms with Crippen molar-refractivity contribution in [2.24, 2.45) is 0 Å². The molecule has 0 radical (unpaired) electrons.